The Kier molecular flexibility index (Phi) is 5.03. The fourth-order valence-electron chi connectivity index (χ4n) is 5.43. The Morgan fingerprint density at radius 1 is 1.00 bits per heavy atom. The summed E-state index contributed by atoms with van der Waals surface area (Å²) in [6, 6.07) is 9.99. The number of aromatic nitrogens is 1. The molecule has 1 saturated carbocycles. The topological polar surface area (TPSA) is 95.6 Å². The molecule has 4 aliphatic rings. The van der Waals surface area contributed by atoms with Crippen LogP contribution in [0, 0.1) is 5.82 Å². The number of fused-ring (bicyclic) bond motifs is 2. The highest BCUT2D eigenvalue weighted by molar-refractivity contribution is 5.97. The maximum Gasteiger partial charge on any atom is 0.263 e. The third-order valence-corrected chi connectivity index (χ3v) is 7.08. The molecule has 2 aliphatic heterocycles. The first-order chi connectivity index (χ1) is 16.0. The first kappa shape index (κ1) is 20.6. The molecule has 2 fully saturated rings. The normalized spacial score (nSPS) is 28.1. The van der Waals surface area contributed by atoms with Crippen LogP contribution < -0.4 is 25.6 Å². The molecule has 2 aliphatic carbocycles. The number of amides is 2. The summed E-state index contributed by atoms with van der Waals surface area (Å²) in [4.78, 5) is 30.3. The van der Waals surface area contributed by atoms with Crippen molar-refractivity contribution < 1.29 is 18.7 Å². The molecule has 0 bridgehead atoms. The Morgan fingerprint density at radius 2 is 1.82 bits per heavy atom. The average Bonchev–Trinajstić information content (AvgIpc) is 3.35. The molecule has 172 valence electrons. The number of nitrogens with zero attached hydrogens (tertiary/aromatic N) is 2. The van der Waals surface area contributed by atoms with Crippen LogP contribution in [-0.4, -0.2) is 54.1 Å². The van der Waals surface area contributed by atoms with Crippen molar-refractivity contribution in [1.29, 1.82) is 0 Å². The lowest BCUT2D eigenvalue weighted by Crippen LogP contribution is -2.56. The van der Waals surface area contributed by atoms with Crippen molar-refractivity contribution in [2.24, 2.45) is 0 Å². The minimum atomic E-state index is -0.251. The SMILES string of the molecule is O=C1COc2ccc(N3C[C@H](NC4CC(NC5Cc6cccc(F)c6C5)C4)CC3=O)nc2N1. The fraction of sp³-hybridized carbons (Fsp3) is 0.458. The molecule has 6 rings (SSSR count). The van der Waals surface area contributed by atoms with Gasteiger partial charge in [0, 0.05) is 37.1 Å². The Labute approximate surface area is 190 Å². The number of pyridine rings is 1. The zero-order chi connectivity index (χ0) is 22.5. The van der Waals surface area contributed by atoms with E-state index >= 15 is 0 Å². The Bertz CT molecular complexity index is 1120. The summed E-state index contributed by atoms with van der Waals surface area (Å²) in [5, 5.41) is 9.98. The highest BCUT2D eigenvalue weighted by atomic mass is 19.1. The Hall–Kier alpha value is -3.04. The first-order valence-electron chi connectivity index (χ1n) is 11.5. The van der Waals surface area contributed by atoms with Gasteiger partial charge in [0.15, 0.2) is 18.2 Å². The predicted octanol–water partition coefficient (Wildman–Crippen LogP) is 1.53. The molecule has 1 unspecified atom stereocenters. The van der Waals surface area contributed by atoms with Crippen molar-refractivity contribution in [3.8, 4) is 5.75 Å². The van der Waals surface area contributed by atoms with Crippen LogP contribution in [0.3, 0.4) is 0 Å². The Balaban J connectivity index is 0.998. The molecule has 2 amide bonds. The summed E-state index contributed by atoms with van der Waals surface area (Å²) in [6.45, 7) is 0.524. The summed E-state index contributed by atoms with van der Waals surface area (Å²) in [5.74, 6) is 1.07. The van der Waals surface area contributed by atoms with Gasteiger partial charge in [0.05, 0.1) is 0 Å². The van der Waals surface area contributed by atoms with Gasteiger partial charge in [0.1, 0.15) is 11.6 Å². The third kappa shape index (κ3) is 3.95. The molecule has 9 heteroatoms. The van der Waals surface area contributed by atoms with Crippen LogP contribution in [0.15, 0.2) is 30.3 Å². The largest absolute Gasteiger partial charge is 0.480 e. The van der Waals surface area contributed by atoms with Gasteiger partial charge in [0.2, 0.25) is 5.91 Å². The van der Waals surface area contributed by atoms with E-state index in [1.54, 1.807) is 29.2 Å². The third-order valence-electron chi connectivity index (χ3n) is 7.08. The molecular weight excluding hydrogens is 425 g/mol. The lowest BCUT2D eigenvalue weighted by Gasteiger charge is -2.39. The molecule has 33 heavy (non-hydrogen) atoms. The van der Waals surface area contributed by atoms with Crippen molar-refractivity contribution in [3.05, 3.63) is 47.3 Å². The van der Waals surface area contributed by atoms with Gasteiger partial charge in [-0.05, 0) is 55.0 Å². The van der Waals surface area contributed by atoms with Gasteiger partial charge in [0.25, 0.3) is 5.91 Å². The van der Waals surface area contributed by atoms with Crippen molar-refractivity contribution in [2.45, 2.75) is 56.3 Å². The minimum Gasteiger partial charge on any atom is -0.480 e. The van der Waals surface area contributed by atoms with E-state index in [1.807, 2.05) is 6.07 Å². The van der Waals surface area contributed by atoms with Crippen LogP contribution in [0.2, 0.25) is 0 Å². The van der Waals surface area contributed by atoms with Crippen molar-refractivity contribution in [1.82, 2.24) is 15.6 Å². The van der Waals surface area contributed by atoms with Crippen LogP contribution in [-0.2, 0) is 22.4 Å². The van der Waals surface area contributed by atoms with Gasteiger partial charge in [-0.1, -0.05) is 12.1 Å². The standard InChI is InChI=1S/C24H26FN5O3/c25-19-3-1-2-13-6-14(9-18(13)19)26-15-7-16(8-15)27-17-10-23(32)30(11-17)21-5-4-20-24(28-21)29-22(31)12-33-20/h1-5,14-17,26-27H,6-12H2,(H,28,29,31)/t14?,15?,16?,17-/m1/s1. The molecule has 8 nitrogen and oxygen atoms in total. The zero-order valence-electron chi connectivity index (χ0n) is 18.1. The van der Waals surface area contributed by atoms with E-state index in [0.29, 0.717) is 48.5 Å². The lowest BCUT2D eigenvalue weighted by molar-refractivity contribution is -0.118. The molecule has 2 aromatic rings. The summed E-state index contributed by atoms with van der Waals surface area (Å²) in [6.07, 6.45) is 4.06. The number of benzene rings is 1. The van der Waals surface area contributed by atoms with Crippen molar-refractivity contribution in [3.63, 3.8) is 0 Å². The van der Waals surface area contributed by atoms with Gasteiger partial charge < -0.3 is 20.7 Å². The quantitative estimate of drug-likeness (QED) is 0.638. The fourth-order valence-corrected chi connectivity index (χ4v) is 5.43. The van der Waals surface area contributed by atoms with Crippen LogP contribution in [0.25, 0.3) is 0 Å². The first-order valence-corrected chi connectivity index (χ1v) is 11.5. The smallest absolute Gasteiger partial charge is 0.263 e. The number of halogens is 1. The van der Waals surface area contributed by atoms with Gasteiger partial charge in [-0.25, -0.2) is 9.37 Å². The number of carbonyl (C=O) groups is 2. The summed E-state index contributed by atoms with van der Waals surface area (Å²) in [5.41, 5.74) is 1.98. The molecule has 1 aromatic heterocycles. The second-order valence-electron chi connectivity index (χ2n) is 9.44. The number of anilines is 2. The molecule has 3 N–H and O–H groups in total. The van der Waals surface area contributed by atoms with Crippen molar-refractivity contribution >= 4 is 23.5 Å². The summed E-state index contributed by atoms with van der Waals surface area (Å²) in [7, 11) is 0. The van der Waals surface area contributed by atoms with E-state index < -0.39 is 0 Å². The number of carbonyl (C=O) groups excluding carboxylic acids is 2. The number of rotatable bonds is 5. The van der Waals surface area contributed by atoms with Gasteiger partial charge >= 0.3 is 0 Å². The average molecular weight is 452 g/mol. The molecule has 2 atom stereocenters. The molecule has 1 aromatic carbocycles. The van der Waals surface area contributed by atoms with E-state index in [1.165, 1.54) is 0 Å². The zero-order valence-corrected chi connectivity index (χ0v) is 18.1. The monoisotopic (exact) mass is 451 g/mol. The molecule has 0 radical (unpaired) electrons. The van der Waals surface area contributed by atoms with Crippen LogP contribution in [0.5, 0.6) is 5.75 Å². The molecule has 0 spiro atoms. The van der Waals surface area contributed by atoms with E-state index in [2.05, 4.69) is 20.9 Å². The van der Waals surface area contributed by atoms with Crippen molar-refractivity contribution in [2.75, 3.05) is 23.4 Å². The van der Waals surface area contributed by atoms with E-state index in [9.17, 15) is 14.0 Å². The number of ether oxygens (including phenoxy) is 1. The summed E-state index contributed by atoms with van der Waals surface area (Å²) < 4.78 is 19.3. The van der Waals surface area contributed by atoms with Crippen LogP contribution in [0.1, 0.15) is 30.4 Å². The maximum absolute atomic E-state index is 14.0. The number of hydrogen-bond donors (Lipinski definition) is 3. The predicted molar refractivity (Wildman–Crippen MR) is 120 cm³/mol. The molecule has 3 heterocycles. The highest BCUT2D eigenvalue weighted by Gasteiger charge is 2.38. The highest BCUT2D eigenvalue weighted by Crippen LogP contribution is 2.31. The Morgan fingerprint density at radius 3 is 2.64 bits per heavy atom. The molecular formula is C24H26FN5O3. The van der Waals surface area contributed by atoms with Crippen LogP contribution >= 0.6 is 0 Å². The van der Waals surface area contributed by atoms with Crippen LogP contribution in [0.4, 0.5) is 16.0 Å². The maximum atomic E-state index is 14.0. The van der Waals surface area contributed by atoms with E-state index in [-0.39, 0.29) is 30.3 Å². The van der Waals surface area contributed by atoms with Gasteiger partial charge in [-0.2, -0.15) is 0 Å². The van der Waals surface area contributed by atoms with E-state index in [0.717, 1.165) is 36.8 Å². The second-order valence-corrected chi connectivity index (χ2v) is 9.44. The van der Waals surface area contributed by atoms with Gasteiger partial charge in [-0.15, -0.1) is 0 Å². The number of hydrogen-bond acceptors (Lipinski definition) is 6. The second kappa shape index (κ2) is 8.07. The number of nitrogens with one attached hydrogen (secondary N) is 3. The minimum absolute atomic E-state index is 0.0164. The van der Waals surface area contributed by atoms with Gasteiger partial charge in [-0.3, -0.25) is 14.5 Å². The summed E-state index contributed by atoms with van der Waals surface area (Å²) >= 11 is 0. The lowest BCUT2D eigenvalue weighted by atomic mass is 9.85. The molecule has 1 saturated heterocycles. The van der Waals surface area contributed by atoms with E-state index in [4.69, 9.17) is 4.74 Å².